The van der Waals surface area contributed by atoms with Crippen LogP contribution in [0.1, 0.15) is 29.3 Å². The molecule has 5 nitrogen and oxygen atoms in total. The predicted molar refractivity (Wildman–Crippen MR) is 73.9 cm³/mol. The molecule has 5 heteroatoms. The SMILES string of the molecule is CCC(O)(C#Cc1ccc(C(=O)O)cc1OC)COC. The first-order valence-corrected chi connectivity index (χ1v) is 6.11. The summed E-state index contributed by atoms with van der Waals surface area (Å²) in [7, 11) is 2.93. The monoisotopic (exact) mass is 278 g/mol. The molecule has 0 radical (unpaired) electrons. The highest BCUT2D eigenvalue weighted by Crippen LogP contribution is 2.20. The Kier molecular flexibility index (Phi) is 5.56. The zero-order valence-electron chi connectivity index (χ0n) is 11.8. The van der Waals surface area contributed by atoms with Crippen molar-refractivity contribution in [2.45, 2.75) is 18.9 Å². The molecule has 0 aromatic heterocycles. The molecule has 1 aromatic rings. The summed E-state index contributed by atoms with van der Waals surface area (Å²) < 4.78 is 10.0. The second-order valence-electron chi connectivity index (χ2n) is 4.29. The predicted octanol–water partition coefficient (Wildman–Crippen LogP) is 1.53. The average molecular weight is 278 g/mol. The Hall–Kier alpha value is -2.03. The van der Waals surface area contributed by atoms with Gasteiger partial charge in [-0.15, -0.1) is 0 Å². The summed E-state index contributed by atoms with van der Waals surface area (Å²) in [6.07, 6.45) is 0.420. The highest BCUT2D eigenvalue weighted by atomic mass is 16.5. The Morgan fingerprint density at radius 2 is 2.10 bits per heavy atom. The standard InChI is InChI=1S/C15H18O5/c1-4-15(18,10-19-2)8-7-11-5-6-12(14(16)17)9-13(11)20-3/h5-6,9,18H,4,10H2,1-3H3,(H,16,17). The van der Waals surface area contributed by atoms with Crippen molar-refractivity contribution in [1.29, 1.82) is 0 Å². The largest absolute Gasteiger partial charge is 0.495 e. The van der Waals surface area contributed by atoms with Gasteiger partial charge in [0, 0.05) is 7.11 Å². The van der Waals surface area contributed by atoms with E-state index in [0.29, 0.717) is 17.7 Å². The van der Waals surface area contributed by atoms with E-state index in [1.54, 1.807) is 13.0 Å². The first-order valence-electron chi connectivity index (χ1n) is 6.11. The molecule has 0 fully saturated rings. The Bertz CT molecular complexity index is 541. The third kappa shape index (κ3) is 3.98. The Labute approximate surface area is 118 Å². The molecule has 2 N–H and O–H groups in total. The molecule has 0 saturated heterocycles. The zero-order valence-corrected chi connectivity index (χ0v) is 11.8. The molecule has 20 heavy (non-hydrogen) atoms. The van der Waals surface area contributed by atoms with Crippen molar-refractivity contribution in [3.8, 4) is 17.6 Å². The normalized spacial score (nSPS) is 13.0. The molecular formula is C15H18O5. The molecule has 0 aliphatic rings. The number of carboxylic acid groups (broad SMARTS) is 1. The van der Waals surface area contributed by atoms with Gasteiger partial charge in [0.05, 0.1) is 24.8 Å². The quantitative estimate of drug-likeness (QED) is 0.799. The molecule has 0 amide bonds. The molecule has 0 aliphatic carbocycles. The lowest BCUT2D eigenvalue weighted by molar-refractivity contribution is 0.0111. The number of aromatic carboxylic acids is 1. The van der Waals surface area contributed by atoms with Crippen molar-refractivity contribution in [1.82, 2.24) is 0 Å². The summed E-state index contributed by atoms with van der Waals surface area (Å²) in [6.45, 7) is 1.91. The second kappa shape index (κ2) is 6.94. The van der Waals surface area contributed by atoms with Crippen LogP contribution >= 0.6 is 0 Å². The third-order valence-corrected chi connectivity index (χ3v) is 2.85. The summed E-state index contributed by atoms with van der Waals surface area (Å²) in [5.41, 5.74) is -0.596. The average Bonchev–Trinajstić information content (AvgIpc) is 2.45. The lowest BCUT2D eigenvalue weighted by Crippen LogP contribution is -2.31. The van der Waals surface area contributed by atoms with Crippen LogP contribution in [0.4, 0.5) is 0 Å². The van der Waals surface area contributed by atoms with Gasteiger partial charge in [0.1, 0.15) is 11.4 Å². The first-order chi connectivity index (χ1) is 9.45. The number of benzene rings is 1. The van der Waals surface area contributed by atoms with Crippen molar-refractivity contribution in [2.75, 3.05) is 20.8 Å². The molecule has 1 rings (SSSR count). The van der Waals surface area contributed by atoms with E-state index >= 15 is 0 Å². The fraction of sp³-hybridized carbons (Fsp3) is 0.400. The zero-order chi connectivity index (χ0) is 15.2. The summed E-state index contributed by atoms with van der Waals surface area (Å²) in [6, 6.07) is 4.39. The number of aliphatic hydroxyl groups is 1. The fourth-order valence-electron chi connectivity index (χ4n) is 1.58. The van der Waals surface area contributed by atoms with Gasteiger partial charge in [-0.25, -0.2) is 4.79 Å². The van der Waals surface area contributed by atoms with E-state index in [2.05, 4.69) is 11.8 Å². The lowest BCUT2D eigenvalue weighted by atomic mass is 10.0. The van der Waals surface area contributed by atoms with Gasteiger partial charge in [-0.3, -0.25) is 0 Å². The number of hydrogen-bond donors (Lipinski definition) is 2. The maximum Gasteiger partial charge on any atom is 0.335 e. The van der Waals surface area contributed by atoms with Gasteiger partial charge in [-0.2, -0.15) is 0 Å². The van der Waals surface area contributed by atoms with Crippen LogP contribution in [0.5, 0.6) is 5.75 Å². The Morgan fingerprint density at radius 1 is 1.40 bits per heavy atom. The highest BCUT2D eigenvalue weighted by Gasteiger charge is 2.21. The molecule has 0 spiro atoms. The Morgan fingerprint density at radius 3 is 2.60 bits per heavy atom. The number of methoxy groups -OCH3 is 2. The van der Waals surface area contributed by atoms with E-state index in [9.17, 15) is 9.90 Å². The molecule has 1 aromatic carbocycles. The summed E-state index contributed by atoms with van der Waals surface area (Å²) in [5.74, 6) is 4.87. The van der Waals surface area contributed by atoms with Gasteiger partial charge >= 0.3 is 5.97 Å². The van der Waals surface area contributed by atoms with E-state index < -0.39 is 11.6 Å². The van der Waals surface area contributed by atoms with Crippen LogP contribution in [0.3, 0.4) is 0 Å². The van der Waals surface area contributed by atoms with Crippen LogP contribution in [-0.2, 0) is 4.74 Å². The molecule has 0 aliphatic heterocycles. The van der Waals surface area contributed by atoms with Crippen molar-refractivity contribution < 1.29 is 24.5 Å². The number of ether oxygens (including phenoxy) is 2. The van der Waals surface area contributed by atoms with Gasteiger partial charge in [-0.1, -0.05) is 18.8 Å². The van der Waals surface area contributed by atoms with Crippen LogP contribution in [0.15, 0.2) is 18.2 Å². The summed E-state index contributed by atoms with van der Waals surface area (Å²) >= 11 is 0. The van der Waals surface area contributed by atoms with Crippen LogP contribution in [0, 0.1) is 11.8 Å². The Balaban J connectivity index is 3.13. The van der Waals surface area contributed by atoms with Crippen molar-refractivity contribution in [3.05, 3.63) is 29.3 Å². The maximum atomic E-state index is 10.9. The topological polar surface area (TPSA) is 76.0 Å². The van der Waals surface area contributed by atoms with E-state index in [0.717, 1.165) is 0 Å². The van der Waals surface area contributed by atoms with E-state index in [4.69, 9.17) is 14.6 Å². The minimum absolute atomic E-state index is 0.103. The van der Waals surface area contributed by atoms with Crippen molar-refractivity contribution in [2.24, 2.45) is 0 Å². The number of hydrogen-bond acceptors (Lipinski definition) is 4. The van der Waals surface area contributed by atoms with E-state index in [1.165, 1.54) is 26.4 Å². The summed E-state index contributed by atoms with van der Waals surface area (Å²) in [4.78, 5) is 10.9. The molecular weight excluding hydrogens is 260 g/mol. The lowest BCUT2D eigenvalue weighted by Gasteiger charge is -2.18. The van der Waals surface area contributed by atoms with E-state index in [1.807, 2.05) is 0 Å². The van der Waals surface area contributed by atoms with Gasteiger partial charge in [0.25, 0.3) is 0 Å². The molecule has 108 valence electrons. The van der Waals surface area contributed by atoms with Crippen LogP contribution in [-0.4, -0.2) is 42.6 Å². The third-order valence-electron chi connectivity index (χ3n) is 2.85. The minimum atomic E-state index is -1.23. The number of carboxylic acids is 1. The van der Waals surface area contributed by atoms with Gasteiger partial charge < -0.3 is 19.7 Å². The first kappa shape index (κ1) is 16.0. The van der Waals surface area contributed by atoms with Crippen LogP contribution in [0.2, 0.25) is 0 Å². The maximum absolute atomic E-state index is 10.9. The molecule has 1 unspecified atom stereocenters. The number of rotatable bonds is 5. The minimum Gasteiger partial charge on any atom is -0.495 e. The molecule has 1 atom stereocenters. The van der Waals surface area contributed by atoms with Crippen molar-refractivity contribution >= 4 is 5.97 Å². The smallest absolute Gasteiger partial charge is 0.335 e. The fourth-order valence-corrected chi connectivity index (χ4v) is 1.58. The van der Waals surface area contributed by atoms with Crippen LogP contribution in [0.25, 0.3) is 0 Å². The summed E-state index contributed by atoms with van der Waals surface area (Å²) in [5, 5.41) is 19.1. The molecule has 0 heterocycles. The van der Waals surface area contributed by atoms with Crippen LogP contribution < -0.4 is 4.74 Å². The second-order valence-corrected chi connectivity index (χ2v) is 4.29. The van der Waals surface area contributed by atoms with Crippen molar-refractivity contribution in [3.63, 3.8) is 0 Å². The molecule has 0 bridgehead atoms. The van der Waals surface area contributed by atoms with Gasteiger partial charge in [-0.05, 0) is 24.6 Å². The van der Waals surface area contributed by atoms with Gasteiger partial charge in [0.2, 0.25) is 0 Å². The van der Waals surface area contributed by atoms with E-state index in [-0.39, 0.29) is 12.2 Å². The molecule has 0 saturated carbocycles. The van der Waals surface area contributed by atoms with Gasteiger partial charge in [0.15, 0.2) is 0 Å². The highest BCUT2D eigenvalue weighted by molar-refractivity contribution is 5.88. The number of carbonyl (C=O) groups is 1.